The van der Waals surface area contributed by atoms with Crippen LogP contribution in [-0.2, 0) is 9.59 Å². The predicted octanol–water partition coefficient (Wildman–Crippen LogP) is 1.48. The number of carbonyl (C=O) groups is 2. The fourth-order valence-electron chi connectivity index (χ4n) is 1.38. The van der Waals surface area contributed by atoms with Crippen molar-refractivity contribution < 1.29 is 19.4 Å². The molecule has 0 bridgehead atoms. The zero-order valence-corrected chi connectivity index (χ0v) is 11.9. The van der Waals surface area contributed by atoms with E-state index in [0.717, 1.165) is 0 Å². The third kappa shape index (κ3) is 6.19. The first-order chi connectivity index (χ1) is 9.28. The molecule has 0 aliphatic rings. The van der Waals surface area contributed by atoms with Crippen LogP contribution >= 0.6 is 0 Å². The largest absolute Gasteiger partial charge is 0.480 e. The van der Waals surface area contributed by atoms with E-state index in [-0.39, 0.29) is 18.0 Å². The number of nitrogens with one attached hydrogen (secondary N) is 2. The number of carboxylic acids is 1. The lowest BCUT2D eigenvalue weighted by atomic mass is 10.1. The van der Waals surface area contributed by atoms with Gasteiger partial charge in [-0.2, -0.15) is 0 Å². The maximum Gasteiger partial charge on any atom is 0.341 e. The Kier molecular flexibility index (Phi) is 5.52. The molecule has 0 fully saturated rings. The lowest BCUT2D eigenvalue weighted by Gasteiger charge is -2.20. The molecule has 6 nitrogen and oxygen atoms in total. The van der Waals surface area contributed by atoms with Crippen LogP contribution in [-0.4, -0.2) is 35.7 Å². The molecule has 1 aromatic rings. The van der Waals surface area contributed by atoms with E-state index >= 15 is 0 Å². The Balaban J connectivity index is 2.62. The average Bonchev–Trinajstić information content (AvgIpc) is 2.34. The molecule has 0 aliphatic carbocycles. The number of aliphatic carboxylic acids is 1. The molecule has 0 atom stereocenters. The van der Waals surface area contributed by atoms with Crippen LogP contribution in [0.4, 0.5) is 5.69 Å². The van der Waals surface area contributed by atoms with E-state index in [2.05, 4.69) is 10.6 Å². The van der Waals surface area contributed by atoms with Crippen molar-refractivity contribution in [2.75, 3.05) is 18.5 Å². The first-order valence-corrected chi connectivity index (χ1v) is 6.26. The zero-order chi connectivity index (χ0) is 15.2. The minimum absolute atomic E-state index is 0.156. The number of carboxylic acid groups (broad SMARTS) is 1. The second-order valence-corrected chi connectivity index (χ2v) is 5.33. The molecule has 0 heterocycles. The van der Waals surface area contributed by atoms with Gasteiger partial charge in [0.1, 0.15) is 5.75 Å². The molecule has 3 N–H and O–H groups in total. The van der Waals surface area contributed by atoms with Gasteiger partial charge in [0.15, 0.2) is 6.61 Å². The fourth-order valence-corrected chi connectivity index (χ4v) is 1.38. The van der Waals surface area contributed by atoms with Crippen LogP contribution in [0.15, 0.2) is 24.3 Å². The first kappa shape index (κ1) is 16.0. The van der Waals surface area contributed by atoms with Crippen LogP contribution in [0.5, 0.6) is 5.75 Å². The van der Waals surface area contributed by atoms with Crippen molar-refractivity contribution in [2.24, 2.45) is 0 Å². The number of ether oxygens (including phenoxy) is 1. The Bertz CT molecular complexity index is 480. The zero-order valence-electron chi connectivity index (χ0n) is 11.9. The Labute approximate surface area is 118 Å². The summed E-state index contributed by atoms with van der Waals surface area (Å²) in [6, 6.07) is 6.71. The summed E-state index contributed by atoms with van der Waals surface area (Å²) in [6.07, 6.45) is 0. The molecule has 0 aromatic heterocycles. The van der Waals surface area contributed by atoms with Crippen molar-refractivity contribution in [2.45, 2.75) is 26.3 Å². The van der Waals surface area contributed by atoms with Crippen LogP contribution in [0, 0.1) is 0 Å². The summed E-state index contributed by atoms with van der Waals surface area (Å²) < 4.78 is 5.11. The molecule has 0 saturated carbocycles. The van der Waals surface area contributed by atoms with Gasteiger partial charge >= 0.3 is 5.97 Å². The van der Waals surface area contributed by atoms with Crippen LogP contribution in [0.25, 0.3) is 0 Å². The van der Waals surface area contributed by atoms with Gasteiger partial charge in [0.05, 0.1) is 12.2 Å². The molecule has 6 heteroatoms. The van der Waals surface area contributed by atoms with Crippen molar-refractivity contribution in [3.05, 3.63) is 24.3 Å². The topological polar surface area (TPSA) is 87.7 Å². The summed E-state index contributed by atoms with van der Waals surface area (Å²) in [4.78, 5) is 22.3. The van der Waals surface area contributed by atoms with Gasteiger partial charge in [-0.3, -0.25) is 4.79 Å². The Morgan fingerprint density at radius 1 is 1.25 bits per heavy atom. The molecule has 1 aromatic carbocycles. The van der Waals surface area contributed by atoms with E-state index < -0.39 is 12.6 Å². The van der Waals surface area contributed by atoms with Crippen molar-refractivity contribution in [1.29, 1.82) is 0 Å². The molecule has 0 unspecified atom stereocenters. The number of amides is 1. The number of benzene rings is 1. The summed E-state index contributed by atoms with van der Waals surface area (Å²) in [7, 11) is 0. The van der Waals surface area contributed by atoms with E-state index in [1.165, 1.54) is 0 Å². The number of rotatable bonds is 6. The summed E-state index contributed by atoms with van der Waals surface area (Å²) >= 11 is 0. The van der Waals surface area contributed by atoms with Gasteiger partial charge in [-0.1, -0.05) is 12.1 Å². The van der Waals surface area contributed by atoms with E-state index in [1.54, 1.807) is 24.3 Å². The van der Waals surface area contributed by atoms with Crippen molar-refractivity contribution in [3.63, 3.8) is 0 Å². The predicted molar refractivity (Wildman–Crippen MR) is 76.0 cm³/mol. The van der Waals surface area contributed by atoms with Crippen LogP contribution in [0.3, 0.4) is 0 Å². The highest BCUT2D eigenvalue weighted by Gasteiger charge is 2.13. The van der Waals surface area contributed by atoms with Gasteiger partial charge in [-0.05, 0) is 32.9 Å². The molecule has 110 valence electrons. The average molecular weight is 280 g/mol. The van der Waals surface area contributed by atoms with Crippen LogP contribution in [0.1, 0.15) is 20.8 Å². The van der Waals surface area contributed by atoms with Gasteiger partial charge in [0, 0.05) is 5.54 Å². The van der Waals surface area contributed by atoms with Gasteiger partial charge in [0.2, 0.25) is 5.91 Å². The molecule has 0 radical (unpaired) electrons. The molecule has 0 spiro atoms. The van der Waals surface area contributed by atoms with Gasteiger partial charge in [-0.15, -0.1) is 0 Å². The summed E-state index contributed by atoms with van der Waals surface area (Å²) in [5.74, 6) is -0.953. The Morgan fingerprint density at radius 2 is 1.90 bits per heavy atom. The number of carbonyl (C=O) groups excluding carboxylic acids is 1. The van der Waals surface area contributed by atoms with E-state index in [4.69, 9.17) is 9.84 Å². The monoisotopic (exact) mass is 280 g/mol. The first-order valence-electron chi connectivity index (χ1n) is 6.26. The lowest BCUT2D eigenvalue weighted by Crippen LogP contribution is -2.41. The number of anilines is 1. The highest BCUT2D eigenvalue weighted by Crippen LogP contribution is 2.23. The van der Waals surface area contributed by atoms with Gasteiger partial charge in [0.25, 0.3) is 0 Å². The highest BCUT2D eigenvalue weighted by atomic mass is 16.5. The number of para-hydroxylation sites is 2. The molecule has 0 aliphatic heterocycles. The third-order valence-corrected chi connectivity index (χ3v) is 2.29. The smallest absolute Gasteiger partial charge is 0.341 e. The normalized spacial score (nSPS) is 10.9. The number of hydrogen-bond acceptors (Lipinski definition) is 4. The molecule has 1 rings (SSSR count). The molecule has 20 heavy (non-hydrogen) atoms. The fraction of sp³-hybridized carbons (Fsp3) is 0.429. The summed E-state index contributed by atoms with van der Waals surface area (Å²) in [5, 5.41) is 14.4. The Morgan fingerprint density at radius 3 is 2.50 bits per heavy atom. The maximum absolute atomic E-state index is 11.8. The molecule has 0 saturated heterocycles. The maximum atomic E-state index is 11.8. The standard InChI is InChI=1S/C14H20N2O4/c1-14(2,3)15-8-12(17)16-10-6-4-5-7-11(10)20-9-13(18)19/h4-7,15H,8-9H2,1-3H3,(H,16,17)(H,18,19). The van der Waals surface area contributed by atoms with Gasteiger partial charge in [-0.25, -0.2) is 4.79 Å². The van der Waals surface area contributed by atoms with E-state index in [1.807, 2.05) is 20.8 Å². The molecular weight excluding hydrogens is 260 g/mol. The minimum Gasteiger partial charge on any atom is -0.480 e. The van der Waals surface area contributed by atoms with Crippen LogP contribution in [0.2, 0.25) is 0 Å². The third-order valence-electron chi connectivity index (χ3n) is 2.29. The Hall–Kier alpha value is -2.08. The number of hydrogen-bond donors (Lipinski definition) is 3. The second kappa shape index (κ2) is 6.91. The van der Waals surface area contributed by atoms with E-state index in [0.29, 0.717) is 11.4 Å². The highest BCUT2D eigenvalue weighted by molar-refractivity contribution is 5.93. The van der Waals surface area contributed by atoms with Gasteiger partial charge < -0.3 is 20.5 Å². The van der Waals surface area contributed by atoms with E-state index in [9.17, 15) is 9.59 Å². The molecular formula is C14H20N2O4. The van der Waals surface area contributed by atoms with Crippen molar-refractivity contribution in [1.82, 2.24) is 5.32 Å². The SMILES string of the molecule is CC(C)(C)NCC(=O)Nc1ccccc1OCC(=O)O. The molecule has 1 amide bonds. The summed E-state index contributed by atoms with van der Waals surface area (Å²) in [6.45, 7) is 5.60. The minimum atomic E-state index is -1.07. The lowest BCUT2D eigenvalue weighted by molar-refractivity contribution is -0.139. The summed E-state index contributed by atoms with van der Waals surface area (Å²) in [5.41, 5.74) is 0.297. The second-order valence-electron chi connectivity index (χ2n) is 5.33. The quantitative estimate of drug-likeness (QED) is 0.734. The van der Waals surface area contributed by atoms with Crippen molar-refractivity contribution in [3.8, 4) is 5.75 Å². The van der Waals surface area contributed by atoms with Crippen molar-refractivity contribution >= 4 is 17.6 Å². The van der Waals surface area contributed by atoms with Crippen LogP contribution < -0.4 is 15.4 Å².